The fourth-order valence-electron chi connectivity index (χ4n) is 3.70. The quantitative estimate of drug-likeness (QED) is 0.775. The first-order valence-corrected chi connectivity index (χ1v) is 11.4. The number of benzene rings is 1. The molecule has 1 amide bonds. The second-order valence-corrected chi connectivity index (χ2v) is 9.51. The number of rotatable bonds is 3. The third kappa shape index (κ3) is 4.41. The molecule has 2 aliphatic rings. The van der Waals surface area contributed by atoms with Crippen LogP contribution in [0.3, 0.4) is 0 Å². The molecule has 144 valence electrons. The molecule has 7 heteroatoms. The van der Waals surface area contributed by atoms with Gasteiger partial charge in [-0.25, -0.2) is 8.42 Å². The van der Waals surface area contributed by atoms with Crippen LogP contribution in [0.5, 0.6) is 0 Å². The van der Waals surface area contributed by atoms with E-state index < -0.39 is 10.0 Å². The maximum absolute atomic E-state index is 13.0. The Labute approximate surface area is 161 Å². The van der Waals surface area contributed by atoms with E-state index in [9.17, 15) is 13.2 Å². The zero-order chi connectivity index (χ0) is 18.6. The number of halogens is 1. The highest BCUT2D eigenvalue weighted by molar-refractivity contribution is 7.89. The fourth-order valence-corrected chi connectivity index (χ4v) is 5.45. The molecular formula is C19H27ClN2O3S. The first kappa shape index (κ1) is 19.6. The summed E-state index contributed by atoms with van der Waals surface area (Å²) in [5.41, 5.74) is 0.296. The number of likely N-dealkylation sites (tertiary alicyclic amines) is 1. The molecule has 26 heavy (non-hydrogen) atoms. The predicted octanol–water partition coefficient (Wildman–Crippen LogP) is 3.92. The Hall–Kier alpha value is -1.11. The first-order chi connectivity index (χ1) is 12.5. The molecule has 1 aromatic carbocycles. The highest BCUT2D eigenvalue weighted by atomic mass is 35.5. The van der Waals surface area contributed by atoms with Crippen molar-refractivity contribution in [3.05, 3.63) is 28.8 Å². The largest absolute Gasteiger partial charge is 0.339 e. The van der Waals surface area contributed by atoms with E-state index in [4.69, 9.17) is 11.6 Å². The summed E-state index contributed by atoms with van der Waals surface area (Å²) in [6, 6.07) is 4.52. The van der Waals surface area contributed by atoms with Gasteiger partial charge >= 0.3 is 0 Å². The van der Waals surface area contributed by atoms with E-state index in [1.807, 2.05) is 0 Å². The molecule has 2 aliphatic heterocycles. The third-order valence-corrected chi connectivity index (χ3v) is 7.49. The van der Waals surface area contributed by atoms with Crippen LogP contribution in [0, 0.1) is 0 Å². The summed E-state index contributed by atoms with van der Waals surface area (Å²) >= 11 is 6.26. The molecule has 0 atom stereocenters. The minimum absolute atomic E-state index is 0.162. The van der Waals surface area contributed by atoms with Gasteiger partial charge in [0.25, 0.3) is 5.91 Å². The lowest BCUT2D eigenvalue weighted by molar-refractivity contribution is 0.0761. The van der Waals surface area contributed by atoms with Gasteiger partial charge < -0.3 is 4.90 Å². The van der Waals surface area contributed by atoms with Crippen molar-refractivity contribution in [2.24, 2.45) is 0 Å². The smallest absolute Gasteiger partial charge is 0.255 e. The summed E-state index contributed by atoms with van der Waals surface area (Å²) < 4.78 is 27.6. The molecule has 0 aliphatic carbocycles. The van der Waals surface area contributed by atoms with Gasteiger partial charge in [-0.05, 0) is 43.9 Å². The van der Waals surface area contributed by atoms with Gasteiger partial charge in [0.1, 0.15) is 0 Å². The highest BCUT2D eigenvalue weighted by Crippen LogP contribution is 2.26. The predicted molar refractivity (Wildman–Crippen MR) is 103 cm³/mol. The lowest BCUT2D eigenvalue weighted by Crippen LogP contribution is -2.33. The number of hydrogen-bond donors (Lipinski definition) is 0. The van der Waals surface area contributed by atoms with Gasteiger partial charge in [0, 0.05) is 26.2 Å². The monoisotopic (exact) mass is 398 g/mol. The summed E-state index contributed by atoms with van der Waals surface area (Å²) in [7, 11) is -3.59. The van der Waals surface area contributed by atoms with Gasteiger partial charge in [-0.2, -0.15) is 4.31 Å². The number of amides is 1. The van der Waals surface area contributed by atoms with Gasteiger partial charge in [0.2, 0.25) is 10.0 Å². The van der Waals surface area contributed by atoms with E-state index in [-0.39, 0.29) is 10.8 Å². The van der Waals surface area contributed by atoms with Crippen LogP contribution >= 0.6 is 11.6 Å². The van der Waals surface area contributed by atoms with Crippen LogP contribution in [0.15, 0.2) is 23.1 Å². The minimum atomic E-state index is -3.59. The number of sulfonamides is 1. The van der Waals surface area contributed by atoms with E-state index in [0.29, 0.717) is 36.8 Å². The van der Waals surface area contributed by atoms with Gasteiger partial charge in [-0.15, -0.1) is 0 Å². The molecule has 5 nitrogen and oxygen atoms in total. The van der Waals surface area contributed by atoms with E-state index in [0.717, 1.165) is 51.4 Å². The third-order valence-electron chi connectivity index (χ3n) is 5.26. The van der Waals surface area contributed by atoms with E-state index >= 15 is 0 Å². The maximum atomic E-state index is 13.0. The van der Waals surface area contributed by atoms with Gasteiger partial charge in [0.05, 0.1) is 15.5 Å². The van der Waals surface area contributed by atoms with Crippen LogP contribution in [0.4, 0.5) is 0 Å². The van der Waals surface area contributed by atoms with Crippen LogP contribution in [0.25, 0.3) is 0 Å². The molecule has 2 saturated heterocycles. The van der Waals surface area contributed by atoms with Crippen LogP contribution in [-0.4, -0.2) is 49.7 Å². The molecule has 0 aromatic heterocycles. The van der Waals surface area contributed by atoms with Crippen molar-refractivity contribution in [2.75, 3.05) is 26.2 Å². The number of carbonyl (C=O) groups excluding carboxylic acids is 1. The molecule has 1 aromatic rings. The molecule has 0 bridgehead atoms. The maximum Gasteiger partial charge on any atom is 0.255 e. The number of hydrogen-bond acceptors (Lipinski definition) is 3. The van der Waals surface area contributed by atoms with Gasteiger partial charge in [-0.1, -0.05) is 37.3 Å². The van der Waals surface area contributed by atoms with Gasteiger partial charge in [-0.3, -0.25) is 4.79 Å². The van der Waals surface area contributed by atoms with Crippen molar-refractivity contribution >= 4 is 27.5 Å². The molecule has 2 heterocycles. The fraction of sp³-hybridized carbons (Fsp3) is 0.632. The Morgan fingerprint density at radius 2 is 1.38 bits per heavy atom. The summed E-state index contributed by atoms with van der Waals surface area (Å²) in [6.07, 6.45) is 8.10. The summed E-state index contributed by atoms with van der Waals surface area (Å²) in [5.74, 6) is -0.162. The normalized spacial score (nSPS) is 20.4. The van der Waals surface area contributed by atoms with E-state index in [1.165, 1.54) is 18.2 Å². The first-order valence-electron chi connectivity index (χ1n) is 9.59. The van der Waals surface area contributed by atoms with Crippen LogP contribution < -0.4 is 0 Å². The van der Waals surface area contributed by atoms with Crippen molar-refractivity contribution < 1.29 is 13.2 Å². The second-order valence-electron chi connectivity index (χ2n) is 7.17. The van der Waals surface area contributed by atoms with Crippen molar-refractivity contribution in [3.8, 4) is 0 Å². The number of carbonyl (C=O) groups is 1. The van der Waals surface area contributed by atoms with Crippen molar-refractivity contribution in [3.63, 3.8) is 0 Å². The average Bonchev–Trinajstić information content (AvgIpc) is 3.07. The van der Waals surface area contributed by atoms with Gasteiger partial charge in [0.15, 0.2) is 0 Å². The molecule has 0 radical (unpaired) electrons. The average molecular weight is 399 g/mol. The Bertz CT molecular complexity index is 735. The van der Waals surface area contributed by atoms with Crippen LogP contribution in [0.1, 0.15) is 61.7 Å². The van der Waals surface area contributed by atoms with Crippen LogP contribution in [-0.2, 0) is 10.0 Å². The zero-order valence-corrected chi connectivity index (χ0v) is 16.7. The van der Waals surface area contributed by atoms with E-state index in [1.54, 1.807) is 9.21 Å². The standard InChI is InChI=1S/C19H27ClN2O3S/c20-18-10-9-16(26(24,25)22-13-7-3-4-8-14-22)15-17(18)19(23)21-11-5-1-2-6-12-21/h9-10,15H,1-8,11-14H2. The van der Waals surface area contributed by atoms with Crippen molar-refractivity contribution in [2.45, 2.75) is 56.3 Å². The SMILES string of the molecule is O=C(c1cc(S(=O)(=O)N2CCCCCC2)ccc1Cl)N1CCCCCC1. The summed E-state index contributed by atoms with van der Waals surface area (Å²) in [5, 5.41) is 0.314. The highest BCUT2D eigenvalue weighted by Gasteiger charge is 2.27. The second kappa shape index (κ2) is 8.72. The van der Waals surface area contributed by atoms with Crippen molar-refractivity contribution in [1.29, 1.82) is 0 Å². The van der Waals surface area contributed by atoms with E-state index in [2.05, 4.69) is 0 Å². The Balaban J connectivity index is 1.87. The lowest BCUT2D eigenvalue weighted by Gasteiger charge is -2.23. The molecule has 0 unspecified atom stereocenters. The van der Waals surface area contributed by atoms with Crippen molar-refractivity contribution in [1.82, 2.24) is 9.21 Å². The Morgan fingerprint density at radius 1 is 0.846 bits per heavy atom. The Kier molecular flexibility index (Phi) is 6.59. The minimum Gasteiger partial charge on any atom is -0.339 e. The summed E-state index contributed by atoms with van der Waals surface area (Å²) in [4.78, 5) is 14.9. The lowest BCUT2D eigenvalue weighted by atomic mass is 10.2. The molecule has 0 spiro atoms. The molecular weight excluding hydrogens is 372 g/mol. The molecule has 2 fully saturated rings. The molecule has 0 N–H and O–H groups in total. The molecule has 3 rings (SSSR count). The topological polar surface area (TPSA) is 57.7 Å². The Morgan fingerprint density at radius 3 is 1.96 bits per heavy atom. The summed E-state index contributed by atoms with van der Waals surface area (Å²) in [6.45, 7) is 2.50. The molecule has 0 saturated carbocycles. The van der Waals surface area contributed by atoms with Crippen LogP contribution in [0.2, 0.25) is 5.02 Å². The number of nitrogens with zero attached hydrogens (tertiary/aromatic N) is 2. The zero-order valence-electron chi connectivity index (χ0n) is 15.1.